The molecule has 16 heavy (non-hydrogen) atoms. The molecular weight excluding hydrogens is 196 g/mol. The van der Waals surface area contributed by atoms with Crippen LogP contribution in [0, 0.1) is 6.92 Å². The molecule has 1 aromatic heterocycles. The van der Waals surface area contributed by atoms with Gasteiger partial charge in [0.05, 0.1) is 5.69 Å². The molecule has 0 N–H and O–H groups in total. The second-order valence-corrected chi connectivity index (χ2v) is 4.27. The normalized spacial score (nSPS) is 10.8. The van der Waals surface area contributed by atoms with Gasteiger partial charge in [0.15, 0.2) is 0 Å². The molecule has 2 aromatic rings. The van der Waals surface area contributed by atoms with E-state index >= 15 is 0 Å². The quantitative estimate of drug-likeness (QED) is 0.760. The van der Waals surface area contributed by atoms with Crippen LogP contribution in [0.25, 0.3) is 11.3 Å². The molecule has 2 nitrogen and oxygen atoms in total. The topological polar surface area (TPSA) is 25.8 Å². The lowest BCUT2D eigenvalue weighted by molar-refractivity contribution is 0.867. The molecule has 2 heteroatoms. The van der Waals surface area contributed by atoms with Crippen molar-refractivity contribution < 1.29 is 0 Å². The van der Waals surface area contributed by atoms with Crippen LogP contribution in [-0.2, 0) is 0 Å². The zero-order valence-electron chi connectivity index (χ0n) is 9.94. The molecule has 0 saturated heterocycles. The van der Waals surface area contributed by atoms with Gasteiger partial charge >= 0.3 is 0 Å². The standard InChI is InChI=1S/C14H16N2/c1-10(2)12-5-4-6-13(9-12)14-7-8-15-11(3)16-14/h4-10H,1-3H3. The maximum absolute atomic E-state index is 4.43. The van der Waals surface area contributed by atoms with Crippen molar-refractivity contribution in [3.8, 4) is 11.3 Å². The Kier molecular flexibility index (Phi) is 3.00. The lowest BCUT2D eigenvalue weighted by Gasteiger charge is -2.07. The first-order chi connectivity index (χ1) is 7.66. The summed E-state index contributed by atoms with van der Waals surface area (Å²) in [5.41, 5.74) is 3.50. The molecule has 1 aromatic carbocycles. The van der Waals surface area contributed by atoms with Gasteiger partial charge in [0, 0.05) is 11.8 Å². The average Bonchev–Trinajstić information content (AvgIpc) is 2.29. The summed E-state index contributed by atoms with van der Waals surface area (Å²) in [5, 5.41) is 0. The predicted molar refractivity (Wildman–Crippen MR) is 66.3 cm³/mol. The SMILES string of the molecule is Cc1nccc(-c2cccc(C(C)C)c2)n1. The van der Waals surface area contributed by atoms with Crippen LogP contribution in [0.4, 0.5) is 0 Å². The molecule has 0 aliphatic carbocycles. The number of benzene rings is 1. The Bertz CT molecular complexity index is 490. The largest absolute Gasteiger partial charge is 0.242 e. The third kappa shape index (κ3) is 2.27. The fourth-order valence-electron chi connectivity index (χ4n) is 1.67. The van der Waals surface area contributed by atoms with Gasteiger partial charge in [-0.2, -0.15) is 0 Å². The van der Waals surface area contributed by atoms with E-state index < -0.39 is 0 Å². The van der Waals surface area contributed by atoms with Gasteiger partial charge in [-0.25, -0.2) is 9.97 Å². The number of hydrogen-bond acceptors (Lipinski definition) is 2. The Labute approximate surface area is 96.4 Å². The molecule has 0 amide bonds. The van der Waals surface area contributed by atoms with E-state index in [9.17, 15) is 0 Å². The third-order valence-corrected chi connectivity index (χ3v) is 2.63. The van der Waals surface area contributed by atoms with Gasteiger partial charge in [-0.15, -0.1) is 0 Å². The molecule has 2 rings (SSSR count). The number of nitrogens with zero attached hydrogens (tertiary/aromatic N) is 2. The number of aryl methyl sites for hydroxylation is 1. The van der Waals surface area contributed by atoms with Crippen LogP contribution in [0.3, 0.4) is 0 Å². The van der Waals surface area contributed by atoms with Gasteiger partial charge in [-0.3, -0.25) is 0 Å². The number of rotatable bonds is 2. The van der Waals surface area contributed by atoms with Crippen molar-refractivity contribution in [2.24, 2.45) is 0 Å². The average molecular weight is 212 g/mol. The highest BCUT2D eigenvalue weighted by Crippen LogP contribution is 2.22. The summed E-state index contributed by atoms with van der Waals surface area (Å²) in [6.45, 7) is 6.31. The molecular formula is C14H16N2. The molecule has 0 radical (unpaired) electrons. The Morgan fingerprint density at radius 1 is 1.12 bits per heavy atom. The first-order valence-electron chi connectivity index (χ1n) is 5.57. The maximum Gasteiger partial charge on any atom is 0.125 e. The second kappa shape index (κ2) is 4.44. The van der Waals surface area contributed by atoms with Crippen molar-refractivity contribution in [2.75, 3.05) is 0 Å². The molecule has 0 bridgehead atoms. The fourth-order valence-corrected chi connectivity index (χ4v) is 1.67. The highest BCUT2D eigenvalue weighted by atomic mass is 14.9. The monoisotopic (exact) mass is 212 g/mol. The van der Waals surface area contributed by atoms with Gasteiger partial charge in [-0.1, -0.05) is 32.0 Å². The molecule has 0 fully saturated rings. The summed E-state index contributed by atoms with van der Waals surface area (Å²) in [7, 11) is 0. The second-order valence-electron chi connectivity index (χ2n) is 4.27. The van der Waals surface area contributed by atoms with Crippen molar-refractivity contribution in [1.82, 2.24) is 9.97 Å². The summed E-state index contributed by atoms with van der Waals surface area (Å²) in [5.74, 6) is 1.36. The summed E-state index contributed by atoms with van der Waals surface area (Å²) in [6.07, 6.45) is 1.81. The highest BCUT2D eigenvalue weighted by Gasteiger charge is 2.03. The van der Waals surface area contributed by atoms with E-state index in [0.717, 1.165) is 17.1 Å². The van der Waals surface area contributed by atoms with Crippen LogP contribution >= 0.6 is 0 Å². The van der Waals surface area contributed by atoms with Crippen LogP contribution in [0.15, 0.2) is 36.5 Å². The van der Waals surface area contributed by atoms with Gasteiger partial charge in [0.2, 0.25) is 0 Å². The van der Waals surface area contributed by atoms with E-state index in [1.54, 1.807) is 6.20 Å². The van der Waals surface area contributed by atoms with E-state index in [1.807, 2.05) is 13.0 Å². The smallest absolute Gasteiger partial charge is 0.125 e. The zero-order valence-corrected chi connectivity index (χ0v) is 9.94. The molecule has 1 heterocycles. The predicted octanol–water partition coefficient (Wildman–Crippen LogP) is 3.58. The number of hydrogen-bond donors (Lipinski definition) is 0. The van der Waals surface area contributed by atoms with Gasteiger partial charge in [0.1, 0.15) is 5.82 Å². The Morgan fingerprint density at radius 3 is 2.62 bits per heavy atom. The van der Waals surface area contributed by atoms with Crippen molar-refractivity contribution in [2.45, 2.75) is 26.7 Å². The molecule has 0 saturated carbocycles. The molecule has 0 spiro atoms. The summed E-state index contributed by atoms with van der Waals surface area (Å²) in [4.78, 5) is 8.54. The maximum atomic E-state index is 4.43. The van der Waals surface area contributed by atoms with E-state index in [2.05, 4.69) is 48.1 Å². The molecule has 0 unspecified atom stereocenters. The Morgan fingerprint density at radius 2 is 1.94 bits per heavy atom. The van der Waals surface area contributed by atoms with Gasteiger partial charge in [-0.05, 0) is 30.5 Å². The van der Waals surface area contributed by atoms with Crippen molar-refractivity contribution >= 4 is 0 Å². The van der Waals surface area contributed by atoms with E-state index in [1.165, 1.54) is 5.56 Å². The minimum Gasteiger partial charge on any atom is -0.242 e. The van der Waals surface area contributed by atoms with E-state index in [0.29, 0.717) is 5.92 Å². The van der Waals surface area contributed by atoms with Crippen LogP contribution < -0.4 is 0 Å². The van der Waals surface area contributed by atoms with E-state index in [-0.39, 0.29) is 0 Å². The summed E-state index contributed by atoms with van der Waals surface area (Å²) in [6, 6.07) is 10.5. The van der Waals surface area contributed by atoms with Crippen molar-refractivity contribution in [1.29, 1.82) is 0 Å². The van der Waals surface area contributed by atoms with Gasteiger partial charge < -0.3 is 0 Å². The lowest BCUT2D eigenvalue weighted by atomic mass is 10.00. The van der Waals surface area contributed by atoms with Crippen LogP contribution in [-0.4, -0.2) is 9.97 Å². The minimum absolute atomic E-state index is 0.544. The Hall–Kier alpha value is -1.70. The molecule has 0 aliphatic rings. The minimum atomic E-state index is 0.544. The summed E-state index contributed by atoms with van der Waals surface area (Å²) >= 11 is 0. The summed E-state index contributed by atoms with van der Waals surface area (Å²) < 4.78 is 0. The molecule has 0 atom stereocenters. The first-order valence-corrected chi connectivity index (χ1v) is 5.57. The van der Waals surface area contributed by atoms with Crippen LogP contribution in [0.1, 0.15) is 31.2 Å². The van der Waals surface area contributed by atoms with Crippen LogP contribution in [0.2, 0.25) is 0 Å². The van der Waals surface area contributed by atoms with Crippen LogP contribution in [0.5, 0.6) is 0 Å². The fraction of sp³-hybridized carbons (Fsp3) is 0.286. The number of aromatic nitrogens is 2. The third-order valence-electron chi connectivity index (χ3n) is 2.63. The Balaban J connectivity index is 2.44. The molecule has 82 valence electrons. The van der Waals surface area contributed by atoms with Crippen molar-refractivity contribution in [3.63, 3.8) is 0 Å². The van der Waals surface area contributed by atoms with Gasteiger partial charge in [0.25, 0.3) is 0 Å². The lowest BCUT2D eigenvalue weighted by Crippen LogP contribution is -1.92. The molecule has 0 aliphatic heterocycles. The van der Waals surface area contributed by atoms with Crippen molar-refractivity contribution in [3.05, 3.63) is 47.9 Å². The first kappa shape index (κ1) is 10.8. The zero-order chi connectivity index (χ0) is 11.5. The highest BCUT2D eigenvalue weighted by molar-refractivity contribution is 5.59. The van der Waals surface area contributed by atoms with E-state index in [4.69, 9.17) is 0 Å².